The largest absolute Gasteiger partial charge is 0.323 e. The maximum absolute atomic E-state index is 5.73. The van der Waals surface area contributed by atoms with Crippen molar-refractivity contribution < 1.29 is 18.9 Å². The highest BCUT2D eigenvalue weighted by atomic mass is 16.9. The maximum Gasteiger partial charge on any atom is 0.167 e. The van der Waals surface area contributed by atoms with Crippen LogP contribution in [0, 0.1) is 23.7 Å². The molecule has 2 bridgehead atoms. The standard InChI is InChI=1S/C9H10O4/c1-2-4-5-3(1)7-10-6(2)11-8(4)13-9(5)12-7/h2-9H,1H2/t2-,3+,4-,5-,6+,7-,8+,9-/m0/s1. The van der Waals surface area contributed by atoms with Crippen molar-refractivity contribution >= 4 is 0 Å². The fraction of sp³-hybridized carbons (Fsp3) is 1.00. The van der Waals surface area contributed by atoms with Crippen LogP contribution in [0.4, 0.5) is 0 Å². The second kappa shape index (κ2) is 1.67. The second-order valence-corrected chi connectivity index (χ2v) is 4.74. The monoisotopic (exact) mass is 182 g/mol. The third-order valence-electron chi connectivity index (χ3n) is 4.38. The molecule has 1 saturated carbocycles. The van der Waals surface area contributed by atoms with Crippen molar-refractivity contribution in [3.8, 4) is 0 Å². The molecule has 0 radical (unpaired) electrons. The zero-order valence-electron chi connectivity index (χ0n) is 6.96. The Balaban J connectivity index is 1.79. The van der Waals surface area contributed by atoms with E-state index in [0.29, 0.717) is 23.7 Å². The molecule has 8 atom stereocenters. The number of rotatable bonds is 0. The molecule has 5 rings (SSSR count). The molecule has 4 heteroatoms. The molecule has 0 spiro atoms. The summed E-state index contributed by atoms with van der Waals surface area (Å²) in [6.07, 6.45) is 1.08. The van der Waals surface area contributed by atoms with E-state index in [0.717, 1.165) is 0 Å². The first-order valence-corrected chi connectivity index (χ1v) is 5.04. The van der Waals surface area contributed by atoms with Crippen molar-refractivity contribution in [3.63, 3.8) is 0 Å². The van der Waals surface area contributed by atoms with Crippen molar-refractivity contribution in [3.05, 3.63) is 0 Å². The Morgan fingerprint density at radius 3 is 1.69 bits per heavy atom. The maximum atomic E-state index is 5.73. The summed E-state index contributed by atoms with van der Waals surface area (Å²) in [4.78, 5) is 0. The van der Waals surface area contributed by atoms with E-state index < -0.39 is 0 Å². The number of hydrogen-bond donors (Lipinski definition) is 0. The van der Waals surface area contributed by atoms with Crippen LogP contribution in [0.2, 0.25) is 0 Å². The molecule has 1 aliphatic carbocycles. The molecule has 4 heterocycles. The molecule has 0 unspecified atom stereocenters. The predicted molar refractivity (Wildman–Crippen MR) is 38.1 cm³/mol. The Morgan fingerprint density at radius 1 is 0.615 bits per heavy atom. The average Bonchev–Trinajstić information content (AvgIpc) is 2.73. The fourth-order valence-corrected chi connectivity index (χ4v) is 3.97. The number of hydrogen-bond acceptors (Lipinski definition) is 4. The molecule has 0 aromatic carbocycles. The van der Waals surface area contributed by atoms with E-state index in [1.165, 1.54) is 6.42 Å². The molecule has 0 N–H and O–H groups in total. The molecule has 5 aliphatic rings. The fourth-order valence-electron chi connectivity index (χ4n) is 3.97. The Hall–Kier alpha value is -0.160. The van der Waals surface area contributed by atoms with Gasteiger partial charge >= 0.3 is 0 Å². The van der Waals surface area contributed by atoms with Crippen molar-refractivity contribution in [1.82, 2.24) is 0 Å². The smallest absolute Gasteiger partial charge is 0.167 e. The van der Waals surface area contributed by atoms with Gasteiger partial charge < -0.3 is 18.9 Å². The summed E-state index contributed by atoms with van der Waals surface area (Å²) < 4.78 is 22.8. The van der Waals surface area contributed by atoms with E-state index in [9.17, 15) is 0 Å². The third-order valence-corrected chi connectivity index (χ3v) is 4.38. The molecule has 0 aromatic heterocycles. The van der Waals surface area contributed by atoms with Gasteiger partial charge in [0.25, 0.3) is 0 Å². The SMILES string of the molecule is C1[C@@H]2[C@@H]3O[C@H]4O[C@H]5O[C@@H](O3)[C@@H]2[C@@H]5[C@@H]14. The lowest BCUT2D eigenvalue weighted by atomic mass is 9.91. The topological polar surface area (TPSA) is 36.9 Å². The predicted octanol–water partition coefficient (Wildman–Crippen LogP) is 0.280. The van der Waals surface area contributed by atoms with Crippen LogP contribution in [0.3, 0.4) is 0 Å². The van der Waals surface area contributed by atoms with Crippen LogP contribution in [-0.4, -0.2) is 25.2 Å². The quantitative estimate of drug-likeness (QED) is 0.539. The van der Waals surface area contributed by atoms with Gasteiger partial charge in [-0.05, 0) is 6.42 Å². The van der Waals surface area contributed by atoms with E-state index in [1.54, 1.807) is 0 Å². The Kier molecular flexibility index (Phi) is 0.817. The van der Waals surface area contributed by atoms with Crippen molar-refractivity contribution in [2.24, 2.45) is 23.7 Å². The van der Waals surface area contributed by atoms with Gasteiger partial charge in [0.15, 0.2) is 25.2 Å². The highest BCUT2D eigenvalue weighted by Gasteiger charge is 2.72. The molecule has 13 heavy (non-hydrogen) atoms. The molecule has 4 saturated heterocycles. The summed E-state index contributed by atoms with van der Waals surface area (Å²) in [5.74, 6) is 2.30. The zero-order valence-corrected chi connectivity index (χ0v) is 6.96. The van der Waals surface area contributed by atoms with Crippen LogP contribution in [0.15, 0.2) is 0 Å². The van der Waals surface area contributed by atoms with Gasteiger partial charge in [0.05, 0.1) is 0 Å². The Labute approximate surface area is 75.1 Å². The number of ether oxygens (including phenoxy) is 4. The van der Waals surface area contributed by atoms with Crippen molar-refractivity contribution in [1.29, 1.82) is 0 Å². The lowest BCUT2D eigenvalue weighted by Gasteiger charge is -2.31. The van der Waals surface area contributed by atoms with Crippen molar-refractivity contribution in [2.45, 2.75) is 31.6 Å². The molecule has 5 fully saturated rings. The van der Waals surface area contributed by atoms with Gasteiger partial charge in [0.2, 0.25) is 0 Å². The molecule has 70 valence electrons. The minimum atomic E-state index is -0.0394. The van der Waals surface area contributed by atoms with E-state index >= 15 is 0 Å². The summed E-state index contributed by atoms with van der Waals surface area (Å²) in [6, 6.07) is 0. The van der Waals surface area contributed by atoms with Crippen LogP contribution >= 0.6 is 0 Å². The Bertz CT molecular complexity index is 261. The van der Waals surface area contributed by atoms with Gasteiger partial charge in [0, 0.05) is 23.7 Å². The van der Waals surface area contributed by atoms with Crippen LogP contribution < -0.4 is 0 Å². The summed E-state index contributed by atoms with van der Waals surface area (Å²) >= 11 is 0. The van der Waals surface area contributed by atoms with E-state index in [1.807, 2.05) is 0 Å². The summed E-state index contributed by atoms with van der Waals surface area (Å²) in [5.41, 5.74) is 0. The minimum Gasteiger partial charge on any atom is -0.323 e. The first kappa shape index (κ1) is 6.35. The molecule has 4 nitrogen and oxygen atoms in total. The van der Waals surface area contributed by atoms with E-state index in [4.69, 9.17) is 18.9 Å². The summed E-state index contributed by atoms with van der Waals surface area (Å²) in [6.45, 7) is 0. The zero-order chi connectivity index (χ0) is 8.15. The lowest BCUT2D eigenvalue weighted by molar-refractivity contribution is -0.349. The van der Waals surface area contributed by atoms with Gasteiger partial charge in [0.1, 0.15) is 0 Å². The highest BCUT2D eigenvalue weighted by Crippen LogP contribution is 2.65. The van der Waals surface area contributed by atoms with Crippen LogP contribution in [0.5, 0.6) is 0 Å². The highest BCUT2D eigenvalue weighted by molar-refractivity contribution is 5.08. The molecule has 0 aromatic rings. The van der Waals surface area contributed by atoms with Gasteiger partial charge in [-0.2, -0.15) is 0 Å². The second-order valence-electron chi connectivity index (χ2n) is 4.74. The molecular weight excluding hydrogens is 172 g/mol. The normalized spacial score (nSPS) is 75.7. The van der Waals surface area contributed by atoms with Gasteiger partial charge in [-0.1, -0.05) is 0 Å². The molecule has 4 aliphatic heterocycles. The lowest BCUT2D eigenvalue weighted by Crippen LogP contribution is -2.37. The van der Waals surface area contributed by atoms with Gasteiger partial charge in [-0.15, -0.1) is 0 Å². The van der Waals surface area contributed by atoms with Gasteiger partial charge in [-0.25, -0.2) is 0 Å². The third kappa shape index (κ3) is 0.501. The molecular formula is C9H10O4. The average molecular weight is 182 g/mol. The van der Waals surface area contributed by atoms with E-state index in [-0.39, 0.29) is 25.2 Å². The van der Waals surface area contributed by atoms with E-state index in [2.05, 4.69) is 0 Å². The Morgan fingerprint density at radius 2 is 1.08 bits per heavy atom. The van der Waals surface area contributed by atoms with Crippen LogP contribution in [0.1, 0.15) is 6.42 Å². The van der Waals surface area contributed by atoms with Crippen molar-refractivity contribution in [2.75, 3.05) is 0 Å². The van der Waals surface area contributed by atoms with Gasteiger partial charge in [-0.3, -0.25) is 0 Å². The summed E-state index contributed by atoms with van der Waals surface area (Å²) in [5, 5.41) is 0. The minimum absolute atomic E-state index is 0.0313. The summed E-state index contributed by atoms with van der Waals surface area (Å²) in [7, 11) is 0. The van der Waals surface area contributed by atoms with Crippen LogP contribution in [-0.2, 0) is 18.9 Å². The first-order valence-electron chi connectivity index (χ1n) is 5.04. The first-order chi connectivity index (χ1) is 6.42. The van der Waals surface area contributed by atoms with Crippen LogP contribution in [0.25, 0.3) is 0 Å². The molecule has 0 amide bonds.